The zero-order chi connectivity index (χ0) is 15.5. The van der Waals surface area contributed by atoms with Gasteiger partial charge in [0.15, 0.2) is 0 Å². The van der Waals surface area contributed by atoms with Crippen molar-refractivity contribution in [2.45, 2.75) is 0 Å². The van der Waals surface area contributed by atoms with Gasteiger partial charge in [0.2, 0.25) is 5.82 Å². The highest BCUT2D eigenvalue weighted by atomic mass is 35.5. The van der Waals surface area contributed by atoms with Crippen LogP contribution in [0.5, 0.6) is 0 Å². The number of nitrogens with one attached hydrogen (secondary N) is 1. The normalized spacial score (nSPS) is 10.4. The lowest BCUT2D eigenvalue weighted by Crippen LogP contribution is -1.99. The molecule has 0 aliphatic heterocycles. The number of nitro groups is 1. The number of pyridine rings is 1. The first-order valence-electron chi connectivity index (χ1n) is 6.36. The predicted molar refractivity (Wildman–Crippen MR) is 88.9 cm³/mol. The van der Waals surface area contributed by atoms with Crippen molar-refractivity contribution in [3.8, 4) is 10.4 Å². The number of rotatable bonds is 4. The summed E-state index contributed by atoms with van der Waals surface area (Å²) >= 11 is 7.43. The first-order valence-corrected chi connectivity index (χ1v) is 7.55. The van der Waals surface area contributed by atoms with E-state index in [1.807, 2.05) is 36.4 Å². The van der Waals surface area contributed by atoms with E-state index in [0.717, 1.165) is 16.1 Å². The van der Waals surface area contributed by atoms with Crippen LogP contribution in [0, 0.1) is 10.1 Å². The number of hydrogen-bond donors (Lipinski definition) is 1. The van der Waals surface area contributed by atoms with Gasteiger partial charge in [0.25, 0.3) is 0 Å². The standard InChI is InChI=1S/C15H10ClN3O2S/c16-14-7-6-13(22-14)10-3-1-4-11(9-10)18-15-12(19(20)21)5-2-8-17-15/h1-9H,(H,17,18). The molecule has 0 saturated carbocycles. The number of benzene rings is 1. The maximum Gasteiger partial charge on any atom is 0.311 e. The molecule has 3 rings (SSSR count). The number of anilines is 2. The van der Waals surface area contributed by atoms with Gasteiger partial charge in [-0.1, -0.05) is 23.7 Å². The molecule has 5 nitrogen and oxygen atoms in total. The fourth-order valence-corrected chi connectivity index (χ4v) is 3.04. The number of halogens is 1. The summed E-state index contributed by atoms with van der Waals surface area (Å²) in [7, 11) is 0. The molecule has 7 heteroatoms. The Labute approximate surface area is 135 Å². The molecule has 0 unspecified atom stereocenters. The van der Waals surface area contributed by atoms with Crippen molar-refractivity contribution in [2.75, 3.05) is 5.32 Å². The Bertz CT molecular complexity index is 835. The van der Waals surface area contributed by atoms with Crippen molar-refractivity contribution in [3.05, 3.63) is 69.2 Å². The summed E-state index contributed by atoms with van der Waals surface area (Å²) in [5.41, 5.74) is 1.65. The van der Waals surface area contributed by atoms with E-state index >= 15 is 0 Å². The zero-order valence-corrected chi connectivity index (χ0v) is 12.8. The van der Waals surface area contributed by atoms with Crippen LogP contribution in [-0.4, -0.2) is 9.91 Å². The van der Waals surface area contributed by atoms with E-state index in [0.29, 0.717) is 4.34 Å². The molecule has 0 bridgehead atoms. The Morgan fingerprint density at radius 1 is 1.18 bits per heavy atom. The summed E-state index contributed by atoms with van der Waals surface area (Å²) < 4.78 is 0.716. The molecule has 110 valence electrons. The second kappa shape index (κ2) is 6.13. The van der Waals surface area contributed by atoms with Crippen molar-refractivity contribution < 1.29 is 4.92 Å². The van der Waals surface area contributed by atoms with Gasteiger partial charge in [-0.25, -0.2) is 4.98 Å². The van der Waals surface area contributed by atoms with Crippen LogP contribution in [-0.2, 0) is 0 Å². The minimum absolute atomic E-state index is 0.0629. The van der Waals surface area contributed by atoms with Gasteiger partial charge in [-0.15, -0.1) is 11.3 Å². The van der Waals surface area contributed by atoms with Crippen LogP contribution in [0.2, 0.25) is 4.34 Å². The van der Waals surface area contributed by atoms with Gasteiger partial charge in [0.1, 0.15) is 0 Å². The SMILES string of the molecule is O=[N+]([O-])c1cccnc1Nc1cccc(-c2ccc(Cl)s2)c1. The molecule has 2 heterocycles. The van der Waals surface area contributed by atoms with Gasteiger partial charge < -0.3 is 5.32 Å². The van der Waals surface area contributed by atoms with Crippen LogP contribution in [0.15, 0.2) is 54.7 Å². The smallest absolute Gasteiger partial charge is 0.311 e. The summed E-state index contributed by atoms with van der Waals surface area (Å²) in [5.74, 6) is 0.217. The second-order valence-corrected chi connectivity index (χ2v) is 6.15. The summed E-state index contributed by atoms with van der Waals surface area (Å²) in [6.07, 6.45) is 1.51. The lowest BCUT2D eigenvalue weighted by molar-refractivity contribution is -0.384. The van der Waals surface area contributed by atoms with Crippen LogP contribution >= 0.6 is 22.9 Å². The quantitative estimate of drug-likeness (QED) is 0.532. The van der Waals surface area contributed by atoms with Crippen molar-refractivity contribution in [1.82, 2.24) is 4.98 Å². The average molecular weight is 332 g/mol. The van der Waals surface area contributed by atoms with Crippen molar-refractivity contribution in [2.24, 2.45) is 0 Å². The predicted octanol–water partition coefficient (Wildman–Crippen LogP) is 5.12. The number of thiophene rings is 1. The van der Waals surface area contributed by atoms with Crippen LogP contribution < -0.4 is 5.32 Å². The molecule has 22 heavy (non-hydrogen) atoms. The van der Waals surface area contributed by atoms with E-state index in [1.165, 1.54) is 29.7 Å². The molecule has 3 aromatic rings. The Morgan fingerprint density at radius 2 is 2.05 bits per heavy atom. The second-order valence-electron chi connectivity index (χ2n) is 4.44. The lowest BCUT2D eigenvalue weighted by atomic mass is 10.1. The first kappa shape index (κ1) is 14.5. The third kappa shape index (κ3) is 3.08. The molecular formula is C15H10ClN3O2S. The van der Waals surface area contributed by atoms with E-state index in [9.17, 15) is 10.1 Å². The molecule has 0 spiro atoms. The van der Waals surface area contributed by atoms with Crippen LogP contribution in [0.3, 0.4) is 0 Å². The van der Waals surface area contributed by atoms with Gasteiger partial charge in [0.05, 0.1) is 9.26 Å². The Morgan fingerprint density at radius 3 is 2.77 bits per heavy atom. The summed E-state index contributed by atoms with van der Waals surface area (Å²) in [5, 5.41) is 14.0. The Hall–Kier alpha value is -2.44. The minimum Gasteiger partial charge on any atom is -0.334 e. The maximum absolute atomic E-state index is 11.0. The van der Waals surface area contributed by atoms with Gasteiger partial charge in [0, 0.05) is 22.8 Å². The monoisotopic (exact) mass is 331 g/mol. The molecule has 0 aliphatic rings. The van der Waals surface area contributed by atoms with E-state index in [1.54, 1.807) is 0 Å². The third-order valence-electron chi connectivity index (χ3n) is 2.97. The molecule has 0 aliphatic carbocycles. The maximum atomic E-state index is 11.0. The highest BCUT2D eigenvalue weighted by Gasteiger charge is 2.14. The van der Waals surface area contributed by atoms with Gasteiger partial charge in [-0.2, -0.15) is 0 Å². The van der Waals surface area contributed by atoms with Crippen LogP contribution in [0.1, 0.15) is 0 Å². The molecular weight excluding hydrogens is 322 g/mol. The molecule has 2 aromatic heterocycles. The van der Waals surface area contributed by atoms with E-state index in [2.05, 4.69) is 10.3 Å². The molecule has 0 saturated heterocycles. The van der Waals surface area contributed by atoms with E-state index in [-0.39, 0.29) is 11.5 Å². The highest BCUT2D eigenvalue weighted by molar-refractivity contribution is 7.19. The van der Waals surface area contributed by atoms with Gasteiger partial charge >= 0.3 is 5.69 Å². The fourth-order valence-electron chi connectivity index (χ4n) is 2.00. The summed E-state index contributed by atoms with van der Waals surface area (Å²) in [6.45, 7) is 0. The molecule has 0 atom stereocenters. The van der Waals surface area contributed by atoms with Crippen molar-refractivity contribution >= 4 is 40.1 Å². The van der Waals surface area contributed by atoms with Crippen LogP contribution in [0.25, 0.3) is 10.4 Å². The minimum atomic E-state index is -0.460. The highest BCUT2D eigenvalue weighted by Crippen LogP contribution is 2.33. The fraction of sp³-hybridized carbons (Fsp3) is 0. The summed E-state index contributed by atoms with van der Waals surface area (Å²) in [4.78, 5) is 15.6. The molecule has 0 radical (unpaired) electrons. The topological polar surface area (TPSA) is 68.1 Å². The van der Waals surface area contributed by atoms with E-state index in [4.69, 9.17) is 11.6 Å². The van der Waals surface area contributed by atoms with Crippen molar-refractivity contribution in [3.63, 3.8) is 0 Å². The lowest BCUT2D eigenvalue weighted by Gasteiger charge is -2.07. The largest absolute Gasteiger partial charge is 0.334 e. The molecule has 1 aromatic carbocycles. The van der Waals surface area contributed by atoms with E-state index < -0.39 is 4.92 Å². The first-order chi connectivity index (χ1) is 10.6. The number of aromatic nitrogens is 1. The average Bonchev–Trinajstić information content (AvgIpc) is 2.94. The third-order valence-corrected chi connectivity index (χ3v) is 4.25. The Balaban J connectivity index is 1.92. The van der Waals surface area contributed by atoms with Gasteiger partial charge in [-0.05, 0) is 35.9 Å². The summed E-state index contributed by atoms with van der Waals surface area (Å²) in [6, 6.07) is 14.3. The van der Waals surface area contributed by atoms with Gasteiger partial charge in [-0.3, -0.25) is 10.1 Å². The molecule has 1 N–H and O–H groups in total. The molecule has 0 amide bonds. The Kier molecular flexibility index (Phi) is 4.04. The molecule has 0 fully saturated rings. The zero-order valence-electron chi connectivity index (χ0n) is 11.2. The van der Waals surface area contributed by atoms with Crippen LogP contribution in [0.4, 0.5) is 17.2 Å². The number of hydrogen-bond acceptors (Lipinski definition) is 5. The number of nitrogens with zero attached hydrogens (tertiary/aromatic N) is 2. The van der Waals surface area contributed by atoms with Crippen molar-refractivity contribution in [1.29, 1.82) is 0 Å².